The molecule has 0 radical (unpaired) electrons. The van der Waals surface area contributed by atoms with Gasteiger partial charge in [-0.25, -0.2) is 4.98 Å². The van der Waals surface area contributed by atoms with Gasteiger partial charge in [0.15, 0.2) is 0 Å². The second-order valence-corrected chi connectivity index (χ2v) is 8.37. The fourth-order valence-electron chi connectivity index (χ4n) is 3.76. The van der Waals surface area contributed by atoms with Crippen molar-refractivity contribution in [3.63, 3.8) is 0 Å². The van der Waals surface area contributed by atoms with Gasteiger partial charge in [0.25, 0.3) is 5.91 Å². The third kappa shape index (κ3) is 4.69. The fourth-order valence-corrected chi connectivity index (χ4v) is 4.14. The van der Waals surface area contributed by atoms with E-state index < -0.39 is 0 Å². The highest BCUT2D eigenvalue weighted by molar-refractivity contribution is 9.10. The third-order valence-corrected chi connectivity index (χ3v) is 5.99. The van der Waals surface area contributed by atoms with Crippen LogP contribution in [0, 0.1) is 0 Å². The number of piperazine rings is 1. The van der Waals surface area contributed by atoms with Crippen LogP contribution in [0.15, 0.2) is 77.4 Å². The molecule has 2 aromatic carbocycles. The average Bonchev–Trinajstić information content (AvgIpc) is 2.77. The van der Waals surface area contributed by atoms with Gasteiger partial charge >= 0.3 is 0 Å². The Morgan fingerprint density at radius 2 is 1.55 bits per heavy atom. The molecule has 1 fully saturated rings. The molecule has 0 saturated carbocycles. The molecule has 0 N–H and O–H groups in total. The van der Waals surface area contributed by atoms with Gasteiger partial charge < -0.3 is 4.90 Å². The number of amides is 1. The Morgan fingerprint density at radius 3 is 2.17 bits per heavy atom. The van der Waals surface area contributed by atoms with Gasteiger partial charge in [0.2, 0.25) is 0 Å². The number of hydrogen-bond donors (Lipinski definition) is 0. The Hall–Kier alpha value is -2.21. The van der Waals surface area contributed by atoms with Gasteiger partial charge in [0, 0.05) is 36.8 Å². The minimum absolute atomic E-state index is 0.00807. The minimum atomic E-state index is 0.00807. The topological polar surface area (TPSA) is 36.4 Å². The normalized spacial score (nSPS) is 15.9. The summed E-state index contributed by atoms with van der Waals surface area (Å²) in [4.78, 5) is 21.2. The lowest BCUT2D eigenvalue weighted by Crippen LogP contribution is -2.49. The maximum atomic E-state index is 12.8. The number of carbonyl (C=O) groups excluding carboxylic acids is 1. The number of pyridine rings is 1. The summed E-state index contributed by atoms with van der Waals surface area (Å²) < 4.78 is 1.07. The smallest absolute Gasteiger partial charge is 0.255 e. The Labute approximate surface area is 184 Å². The summed E-state index contributed by atoms with van der Waals surface area (Å²) in [6.45, 7) is 2.98. The van der Waals surface area contributed by atoms with E-state index in [-0.39, 0.29) is 11.9 Å². The molecular weight excluding hydrogens is 450 g/mol. The molecule has 1 aromatic heterocycles. The predicted molar refractivity (Wildman–Crippen MR) is 119 cm³/mol. The Balaban J connectivity index is 1.51. The Bertz CT molecular complexity index is 956. The van der Waals surface area contributed by atoms with Gasteiger partial charge in [-0.1, -0.05) is 70.0 Å². The molecule has 1 amide bonds. The highest BCUT2D eigenvalue weighted by Gasteiger charge is 2.28. The van der Waals surface area contributed by atoms with Gasteiger partial charge in [-0.15, -0.1) is 0 Å². The largest absolute Gasteiger partial charge is 0.336 e. The molecule has 1 saturated heterocycles. The van der Waals surface area contributed by atoms with Crippen molar-refractivity contribution in [1.82, 2.24) is 14.8 Å². The Kier molecular flexibility index (Phi) is 6.28. The predicted octanol–water partition coefficient (Wildman–Crippen LogP) is 5.04. The van der Waals surface area contributed by atoms with E-state index in [0.717, 1.165) is 17.6 Å². The number of benzene rings is 2. The lowest BCUT2D eigenvalue weighted by atomic mass is 9.96. The lowest BCUT2D eigenvalue weighted by molar-refractivity contribution is 0.0597. The zero-order chi connectivity index (χ0) is 20.2. The van der Waals surface area contributed by atoms with Gasteiger partial charge in [0.1, 0.15) is 5.15 Å². The maximum absolute atomic E-state index is 12.8. The van der Waals surface area contributed by atoms with E-state index in [1.807, 2.05) is 11.0 Å². The summed E-state index contributed by atoms with van der Waals surface area (Å²) in [7, 11) is 0. The summed E-state index contributed by atoms with van der Waals surface area (Å²) in [6.07, 6.45) is 1.55. The summed E-state index contributed by atoms with van der Waals surface area (Å²) in [6, 6.07) is 22.6. The molecular formula is C23H21BrClN3O. The van der Waals surface area contributed by atoms with Crippen LogP contribution in [0.1, 0.15) is 27.5 Å². The summed E-state index contributed by atoms with van der Waals surface area (Å²) in [5.41, 5.74) is 3.09. The molecule has 1 aliphatic rings. The van der Waals surface area contributed by atoms with Crippen molar-refractivity contribution in [2.45, 2.75) is 6.04 Å². The fraction of sp³-hybridized carbons (Fsp3) is 0.217. The second kappa shape index (κ2) is 9.08. The molecule has 29 heavy (non-hydrogen) atoms. The van der Waals surface area contributed by atoms with Crippen LogP contribution in [0.25, 0.3) is 0 Å². The number of nitrogens with zero attached hydrogens (tertiary/aromatic N) is 3. The first-order valence-electron chi connectivity index (χ1n) is 9.57. The van der Waals surface area contributed by atoms with E-state index in [0.29, 0.717) is 23.8 Å². The van der Waals surface area contributed by atoms with E-state index in [1.165, 1.54) is 11.1 Å². The molecule has 0 unspecified atom stereocenters. The molecule has 1 atom stereocenters. The van der Waals surface area contributed by atoms with Gasteiger partial charge in [-0.3, -0.25) is 9.69 Å². The number of rotatable bonds is 4. The van der Waals surface area contributed by atoms with Crippen LogP contribution in [-0.2, 0) is 0 Å². The molecule has 4 nitrogen and oxygen atoms in total. The number of halogens is 2. The molecule has 148 valence electrons. The second-order valence-electron chi connectivity index (χ2n) is 7.06. The molecule has 1 aliphatic heterocycles. The van der Waals surface area contributed by atoms with E-state index in [1.54, 1.807) is 18.3 Å². The lowest BCUT2D eigenvalue weighted by Gasteiger charge is -2.39. The number of carbonyl (C=O) groups is 1. The standard InChI is InChI=1S/C23H21BrClN3O/c24-20-9-6-18(7-10-20)22(17-4-2-1-3-5-17)27-12-14-28(15-13-27)23(29)19-8-11-21(25)26-16-19/h1-11,16,22H,12-15H2/t22-/m1/s1. The minimum Gasteiger partial charge on any atom is -0.336 e. The quantitative estimate of drug-likeness (QED) is 0.501. The summed E-state index contributed by atoms with van der Waals surface area (Å²) in [5, 5.41) is 0.395. The number of aromatic nitrogens is 1. The van der Waals surface area contributed by atoms with Crippen molar-refractivity contribution in [3.05, 3.63) is 99.2 Å². The zero-order valence-corrected chi connectivity index (χ0v) is 18.2. The molecule has 4 rings (SSSR count). The highest BCUT2D eigenvalue weighted by Crippen LogP contribution is 2.30. The van der Waals surface area contributed by atoms with Crippen LogP contribution < -0.4 is 0 Å². The molecule has 0 spiro atoms. The SMILES string of the molecule is O=C(c1ccc(Cl)nc1)N1CCN([C@H](c2ccccc2)c2ccc(Br)cc2)CC1. The van der Waals surface area contributed by atoms with E-state index in [4.69, 9.17) is 11.6 Å². The van der Waals surface area contributed by atoms with Crippen LogP contribution in [0.4, 0.5) is 0 Å². The summed E-state index contributed by atoms with van der Waals surface area (Å²) in [5.74, 6) is 0.00807. The Morgan fingerprint density at radius 1 is 0.897 bits per heavy atom. The number of hydrogen-bond acceptors (Lipinski definition) is 3. The molecule has 3 aromatic rings. The van der Waals surface area contributed by atoms with Crippen LogP contribution in [0.3, 0.4) is 0 Å². The third-order valence-electron chi connectivity index (χ3n) is 5.24. The van der Waals surface area contributed by atoms with E-state index >= 15 is 0 Å². The van der Waals surface area contributed by atoms with Crippen molar-refractivity contribution in [1.29, 1.82) is 0 Å². The first kappa shape index (κ1) is 20.1. The molecule has 6 heteroatoms. The molecule has 0 bridgehead atoms. The van der Waals surface area contributed by atoms with Crippen molar-refractivity contribution in [3.8, 4) is 0 Å². The monoisotopic (exact) mass is 469 g/mol. The van der Waals surface area contributed by atoms with Crippen LogP contribution in [0.5, 0.6) is 0 Å². The summed E-state index contributed by atoms with van der Waals surface area (Å²) >= 11 is 9.36. The molecule has 0 aliphatic carbocycles. The van der Waals surface area contributed by atoms with Gasteiger partial charge in [-0.2, -0.15) is 0 Å². The van der Waals surface area contributed by atoms with Crippen LogP contribution in [0.2, 0.25) is 5.15 Å². The first-order valence-corrected chi connectivity index (χ1v) is 10.7. The van der Waals surface area contributed by atoms with Gasteiger partial charge in [0.05, 0.1) is 11.6 Å². The van der Waals surface area contributed by atoms with E-state index in [2.05, 4.69) is 74.3 Å². The van der Waals surface area contributed by atoms with Crippen molar-refractivity contribution >= 4 is 33.4 Å². The van der Waals surface area contributed by atoms with Crippen LogP contribution >= 0.6 is 27.5 Å². The molecule has 2 heterocycles. The average molecular weight is 471 g/mol. The van der Waals surface area contributed by atoms with E-state index in [9.17, 15) is 4.79 Å². The van der Waals surface area contributed by atoms with Gasteiger partial charge in [-0.05, 0) is 35.4 Å². The van der Waals surface area contributed by atoms with Crippen molar-refractivity contribution in [2.24, 2.45) is 0 Å². The van der Waals surface area contributed by atoms with Crippen LogP contribution in [-0.4, -0.2) is 46.9 Å². The highest BCUT2D eigenvalue weighted by atomic mass is 79.9. The first-order chi connectivity index (χ1) is 14.1. The zero-order valence-electron chi connectivity index (χ0n) is 15.8. The maximum Gasteiger partial charge on any atom is 0.255 e. The van der Waals surface area contributed by atoms with Crippen molar-refractivity contribution in [2.75, 3.05) is 26.2 Å². The van der Waals surface area contributed by atoms with Crippen molar-refractivity contribution < 1.29 is 4.79 Å².